The molecule has 0 aliphatic carbocycles. The average molecular weight is 179 g/mol. The summed E-state index contributed by atoms with van der Waals surface area (Å²) in [6.07, 6.45) is 3.04. The third kappa shape index (κ3) is 1.16. The van der Waals surface area contributed by atoms with Gasteiger partial charge in [0.1, 0.15) is 0 Å². The van der Waals surface area contributed by atoms with E-state index in [1.54, 1.807) is 6.92 Å². The first-order valence-corrected chi connectivity index (χ1v) is 3.88. The molecular weight excluding hydrogens is 172 g/mol. The predicted octanol–water partition coefficient (Wildman–Crippen LogP) is 2.82. The highest BCUT2D eigenvalue weighted by molar-refractivity contribution is 5.85. The molecule has 2 aromatic rings. The van der Waals surface area contributed by atoms with Crippen LogP contribution in [0.15, 0.2) is 24.5 Å². The van der Waals surface area contributed by atoms with Crippen LogP contribution >= 0.6 is 0 Å². The quantitative estimate of drug-likeness (QED) is 0.606. The Kier molecular flexibility index (Phi) is 1.72. The van der Waals surface area contributed by atoms with Gasteiger partial charge in [-0.05, 0) is 24.6 Å². The molecule has 1 aromatic carbocycles. The van der Waals surface area contributed by atoms with E-state index < -0.39 is 11.6 Å². The van der Waals surface area contributed by atoms with Gasteiger partial charge in [0.25, 0.3) is 0 Å². The number of aromatic nitrogens is 1. The van der Waals surface area contributed by atoms with Crippen LogP contribution in [0.2, 0.25) is 0 Å². The van der Waals surface area contributed by atoms with E-state index in [0.717, 1.165) is 6.07 Å². The first kappa shape index (κ1) is 8.10. The van der Waals surface area contributed by atoms with Gasteiger partial charge in [0.15, 0.2) is 11.6 Å². The Morgan fingerprint density at radius 2 is 1.92 bits per heavy atom. The zero-order chi connectivity index (χ0) is 9.42. The second kappa shape index (κ2) is 2.76. The zero-order valence-electron chi connectivity index (χ0n) is 7.01. The predicted molar refractivity (Wildman–Crippen MR) is 46.4 cm³/mol. The van der Waals surface area contributed by atoms with Gasteiger partial charge in [-0.1, -0.05) is 0 Å². The van der Waals surface area contributed by atoms with Crippen LogP contribution in [0.5, 0.6) is 0 Å². The highest BCUT2D eigenvalue weighted by atomic mass is 19.2. The lowest BCUT2D eigenvalue weighted by molar-refractivity contribution is 0.516. The lowest BCUT2D eigenvalue weighted by atomic mass is 10.1. The molecule has 0 saturated carbocycles. The number of aryl methyl sites for hydroxylation is 1. The van der Waals surface area contributed by atoms with E-state index in [2.05, 4.69) is 4.98 Å². The second-order valence-corrected chi connectivity index (χ2v) is 2.92. The Balaban J connectivity index is 2.97. The van der Waals surface area contributed by atoms with E-state index in [1.165, 1.54) is 18.5 Å². The van der Waals surface area contributed by atoms with E-state index in [1.807, 2.05) is 0 Å². The molecule has 3 heteroatoms. The van der Waals surface area contributed by atoms with E-state index in [-0.39, 0.29) is 0 Å². The molecule has 0 unspecified atom stereocenters. The lowest BCUT2D eigenvalue weighted by Crippen LogP contribution is -1.89. The van der Waals surface area contributed by atoms with Crippen molar-refractivity contribution >= 4 is 10.8 Å². The summed E-state index contributed by atoms with van der Waals surface area (Å²) in [5.41, 5.74) is 0.648. The Morgan fingerprint density at radius 3 is 2.69 bits per heavy atom. The summed E-state index contributed by atoms with van der Waals surface area (Å²) >= 11 is 0. The van der Waals surface area contributed by atoms with Crippen LogP contribution in [0, 0.1) is 18.6 Å². The van der Waals surface area contributed by atoms with Gasteiger partial charge in [-0.15, -0.1) is 0 Å². The summed E-state index contributed by atoms with van der Waals surface area (Å²) < 4.78 is 26.1. The molecule has 0 atom stereocenters. The van der Waals surface area contributed by atoms with Gasteiger partial charge in [0.05, 0.1) is 0 Å². The van der Waals surface area contributed by atoms with Crippen LogP contribution in [-0.2, 0) is 0 Å². The summed E-state index contributed by atoms with van der Waals surface area (Å²) in [7, 11) is 0. The van der Waals surface area contributed by atoms with Crippen molar-refractivity contribution in [3.8, 4) is 0 Å². The fourth-order valence-electron chi connectivity index (χ4n) is 1.37. The number of hydrogen-bond donors (Lipinski definition) is 0. The topological polar surface area (TPSA) is 12.9 Å². The van der Waals surface area contributed by atoms with Crippen molar-refractivity contribution in [1.29, 1.82) is 0 Å². The van der Waals surface area contributed by atoms with Crippen molar-refractivity contribution in [2.75, 3.05) is 0 Å². The van der Waals surface area contributed by atoms with Crippen LogP contribution in [-0.4, -0.2) is 4.98 Å². The van der Waals surface area contributed by atoms with E-state index in [4.69, 9.17) is 0 Å². The first-order valence-electron chi connectivity index (χ1n) is 3.88. The maximum atomic E-state index is 13.3. The lowest BCUT2D eigenvalue weighted by Gasteiger charge is -2.02. The van der Waals surface area contributed by atoms with Gasteiger partial charge in [0, 0.05) is 23.2 Å². The number of fused-ring (bicyclic) bond motifs is 1. The molecule has 0 aliphatic heterocycles. The maximum absolute atomic E-state index is 13.3. The van der Waals surface area contributed by atoms with Gasteiger partial charge in [-0.25, -0.2) is 8.78 Å². The fourth-order valence-corrected chi connectivity index (χ4v) is 1.37. The smallest absolute Gasteiger partial charge is 0.167 e. The van der Waals surface area contributed by atoms with Crippen molar-refractivity contribution < 1.29 is 8.78 Å². The Labute approximate surface area is 74.0 Å². The van der Waals surface area contributed by atoms with Crippen LogP contribution in [0.1, 0.15) is 5.56 Å². The van der Waals surface area contributed by atoms with Crippen LogP contribution in [0.3, 0.4) is 0 Å². The highest BCUT2D eigenvalue weighted by Crippen LogP contribution is 2.22. The Hall–Kier alpha value is -1.51. The largest absolute Gasteiger partial charge is 0.264 e. The molecule has 0 spiro atoms. The molecule has 1 nitrogen and oxygen atoms in total. The summed E-state index contributed by atoms with van der Waals surface area (Å²) in [5, 5.41) is 0.939. The molecule has 0 radical (unpaired) electrons. The monoisotopic (exact) mass is 179 g/mol. The van der Waals surface area contributed by atoms with Gasteiger partial charge < -0.3 is 0 Å². The van der Waals surface area contributed by atoms with Gasteiger partial charge in [-0.3, -0.25) is 4.98 Å². The summed E-state index contributed by atoms with van der Waals surface area (Å²) in [6, 6.07) is 2.63. The minimum absolute atomic E-state index is 0.315. The standard InChI is InChI=1S/C10H7F2N/c1-6-4-13-5-7-2-3-8(11)10(12)9(6)7/h2-5H,1H3. The Bertz CT molecular complexity index is 466. The molecule has 1 heterocycles. The van der Waals surface area contributed by atoms with Crippen molar-refractivity contribution in [2.24, 2.45) is 0 Å². The minimum Gasteiger partial charge on any atom is -0.264 e. The molecule has 13 heavy (non-hydrogen) atoms. The molecular formula is C10H7F2N. The van der Waals surface area contributed by atoms with E-state index in [9.17, 15) is 8.78 Å². The van der Waals surface area contributed by atoms with Gasteiger partial charge >= 0.3 is 0 Å². The molecule has 0 amide bonds. The number of nitrogens with zero attached hydrogens (tertiary/aromatic N) is 1. The molecule has 0 fully saturated rings. The molecule has 66 valence electrons. The molecule has 0 N–H and O–H groups in total. The normalized spacial score (nSPS) is 10.7. The Morgan fingerprint density at radius 1 is 1.15 bits per heavy atom. The summed E-state index contributed by atoms with van der Waals surface area (Å²) in [5.74, 6) is -1.61. The number of hydrogen-bond acceptors (Lipinski definition) is 1. The van der Waals surface area contributed by atoms with Gasteiger partial charge in [0.2, 0.25) is 0 Å². The van der Waals surface area contributed by atoms with Crippen LogP contribution < -0.4 is 0 Å². The molecule has 1 aromatic heterocycles. The van der Waals surface area contributed by atoms with Crippen LogP contribution in [0.4, 0.5) is 8.78 Å². The average Bonchev–Trinajstić information content (AvgIpc) is 2.12. The number of halogens is 2. The third-order valence-electron chi connectivity index (χ3n) is 2.00. The fraction of sp³-hybridized carbons (Fsp3) is 0.100. The number of pyridine rings is 1. The molecule has 0 aliphatic rings. The molecule has 2 rings (SSSR count). The van der Waals surface area contributed by atoms with Crippen LogP contribution in [0.25, 0.3) is 10.8 Å². The second-order valence-electron chi connectivity index (χ2n) is 2.92. The first-order chi connectivity index (χ1) is 6.20. The van der Waals surface area contributed by atoms with Crippen molar-refractivity contribution in [3.63, 3.8) is 0 Å². The number of benzene rings is 1. The zero-order valence-corrected chi connectivity index (χ0v) is 7.01. The summed E-state index contributed by atoms with van der Waals surface area (Å²) in [6.45, 7) is 1.71. The highest BCUT2D eigenvalue weighted by Gasteiger charge is 2.08. The minimum atomic E-state index is -0.818. The maximum Gasteiger partial charge on any atom is 0.167 e. The summed E-state index contributed by atoms with van der Waals surface area (Å²) in [4.78, 5) is 3.89. The van der Waals surface area contributed by atoms with Crippen molar-refractivity contribution in [1.82, 2.24) is 4.98 Å². The third-order valence-corrected chi connectivity index (χ3v) is 2.00. The SMILES string of the molecule is Cc1cncc2ccc(F)c(F)c12. The van der Waals surface area contributed by atoms with Gasteiger partial charge in [-0.2, -0.15) is 0 Å². The number of rotatable bonds is 0. The van der Waals surface area contributed by atoms with Crippen molar-refractivity contribution in [3.05, 3.63) is 41.7 Å². The van der Waals surface area contributed by atoms with Crippen molar-refractivity contribution in [2.45, 2.75) is 6.92 Å². The van der Waals surface area contributed by atoms with E-state index in [0.29, 0.717) is 16.3 Å². The van der Waals surface area contributed by atoms with E-state index >= 15 is 0 Å². The molecule has 0 bridgehead atoms. The molecule has 0 saturated heterocycles.